The molecule has 0 spiro atoms. The number of benzene rings is 2. The third kappa shape index (κ3) is 3.84. The Bertz CT molecular complexity index is 983. The molecule has 0 radical (unpaired) electrons. The number of aliphatic hydroxyl groups excluding tert-OH is 1. The van der Waals surface area contributed by atoms with Gasteiger partial charge in [0.2, 0.25) is 0 Å². The Labute approximate surface area is 165 Å². The van der Waals surface area contributed by atoms with Crippen molar-refractivity contribution < 1.29 is 9.84 Å². The normalized spacial score (nSPS) is 14.9. The molecule has 2 N–H and O–H groups in total. The lowest BCUT2D eigenvalue weighted by Gasteiger charge is -2.17. The fourth-order valence-electron chi connectivity index (χ4n) is 3.50. The SMILES string of the molecule is COCCCNc1ccc2c(c1)C(O)c1cc(-c3ccccc3)cnc1C=C2. The predicted octanol–water partition coefficient (Wildman–Crippen LogP) is 4.76. The molecule has 4 rings (SSSR count). The molecule has 1 aliphatic rings. The fourth-order valence-corrected chi connectivity index (χ4v) is 3.50. The van der Waals surface area contributed by atoms with Crippen LogP contribution in [0.4, 0.5) is 5.69 Å². The van der Waals surface area contributed by atoms with Gasteiger partial charge in [-0.1, -0.05) is 42.5 Å². The highest BCUT2D eigenvalue weighted by Crippen LogP contribution is 2.35. The van der Waals surface area contributed by atoms with Crippen molar-refractivity contribution in [1.29, 1.82) is 0 Å². The zero-order valence-electron chi connectivity index (χ0n) is 15.9. The molecule has 1 heterocycles. The lowest BCUT2D eigenvalue weighted by molar-refractivity contribution is 0.198. The maximum absolute atomic E-state index is 11.2. The van der Waals surface area contributed by atoms with Gasteiger partial charge in [0.25, 0.3) is 0 Å². The smallest absolute Gasteiger partial charge is 0.107 e. The largest absolute Gasteiger partial charge is 0.385 e. The fraction of sp³-hybridized carbons (Fsp3) is 0.208. The first-order chi connectivity index (χ1) is 13.8. The average molecular weight is 372 g/mol. The van der Waals surface area contributed by atoms with Gasteiger partial charge in [-0.3, -0.25) is 4.98 Å². The van der Waals surface area contributed by atoms with Crippen molar-refractivity contribution >= 4 is 17.8 Å². The Hall–Kier alpha value is -2.95. The third-order valence-electron chi connectivity index (χ3n) is 5.01. The Morgan fingerprint density at radius 2 is 1.86 bits per heavy atom. The average Bonchev–Trinajstić information content (AvgIpc) is 2.88. The summed E-state index contributed by atoms with van der Waals surface area (Å²) in [5, 5.41) is 14.6. The number of anilines is 1. The van der Waals surface area contributed by atoms with Crippen molar-refractivity contribution in [2.24, 2.45) is 0 Å². The Kier molecular flexibility index (Phi) is 5.51. The second kappa shape index (κ2) is 8.38. The van der Waals surface area contributed by atoms with Gasteiger partial charge in [0.05, 0.1) is 5.69 Å². The van der Waals surface area contributed by atoms with E-state index in [9.17, 15) is 5.11 Å². The van der Waals surface area contributed by atoms with Crippen molar-refractivity contribution in [1.82, 2.24) is 4.98 Å². The summed E-state index contributed by atoms with van der Waals surface area (Å²) in [6.45, 7) is 1.56. The van der Waals surface area contributed by atoms with Crippen LogP contribution >= 0.6 is 0 Å². The molecule has 2 aromatic carbocycles. The lowest BCUT2D eigenvalue weighted by atomic mass is 9.95. The highest BCUT2D eigenvalue weighted by atomic mass is 16.5. The minimum absolute atomic E-state index is 0.725. The van der Waals surface area contributed by atoms with Crippen molar-refractivity contribution in [2.75, 3.05) is 25.6 Å². The van der Waals surface area contributed by atoms with Crippen LogP contribution in [-0.4, -0.2) is 30.4 Å². The molecule has 4 nitrogen and oxygen atoms in total. The molecule has 0 amide bonds. The van der Waals surface area contributed by atoms with E-state index in [0.717, 1.165) is 58.8 Å². The van der Waals surface area contributed by atoms with E-state index >= 15 is 0 Å². The maximum Gasteiger partial charge on any atom is 0.107 e. The highest BCUT2D eigenvalue weighted by molar-refractivity contribution is 5.77. The van der Waals surface area contributed by atoms with Crippen molar-refractivity contribution in [3.05, 3.63) is 83.2 Å². The molecule has 0 saturated carbocycles. The van der Waals surface area contributed by atoms with Crippen LogP contribution in [0.25, 0.3) is 23.3 Å². The second-order valence-corrected chi connectivity index (χ2v) is 6.92. The number of aliphatic hydroxyl groups is 1. The first-order valence-corrected chi connectivity index (χ1v) is 9.54. The van der Waals surface area contributed by atoms with Gasteiger partial charge in [-0.2, -0.15) is 0 Å². The molecule has 0 bridgehead atoms. The zero-order chi connectivity index (χ0) is 19.3. The molecule has 28 heavy (non-hydrogen) atoms. The van der Waals surface area contributed by atoms with Crippen LogP contribution < -0.4 is 5.32 Å². The van der Waals surface area contributed by atoms with Gasteiger partial charge in [-0.15, -0.1) is 0 Å². The van der Waals surface area contributed by atoms with Crippen LogP contribution in [0.2, 0.25) is 0 Å². The van der Waals surface area contributed by atoms with E-state index in [-0.39, 0.29) is 0 Å². The summed E-state index contributed by atoms with van der Waals surface area (Å²) >= 11 is 0. The van der Waals surface area contributed by atoms with Crippen molar-refractivity contribution in [2.45, 2.75) is 12.5 Å². The summed E-state index contributed by atoms with van der Waals surface area (Å²) in [7, 11) is 1.71. The van der Waals surface area contributed by atoms with Gasteiger partial charge in [0.15, 0.2) is 0 Å². The summed E-state index contributed by atoms with van der Waals surface area (Å²) in [5.41, 5.74) is 6.62. The number of nitrogens with one attached hydrogen (secondary N) is 1. The Morgan fingerprint density at radius 3 is 2.68 bits per heavy atom. The number of ether oxygens (including phenoxy) is 1. The number of fused-ring (bicyclic) bond motifs is 2. The van der Waals surface area contributed by atoms with Crippen LogP contribution in [0.3, 0.4) is 0 Å². The van der Waals surface area contributed by atoms with Crippen LogP contribution in [0.1, 0.15) is 34.9 Å². The third-order valence-corrected chi connectivity index (χ3v) is 5.01. The summed E-state index contributed by atoms with van der Waals surface area (Å²) in [4.78, 5) is 4.61. The molecule has 1 aromatic heterocycles. The van der Waals surface area contributed by atoms with E-state index in [2.05, 4.69) is 22.4 Å². The zero-order valence-corrected chi connectivity index (χ0v) is 15.9. The maximum atomic E-state index is 11.2. The van der Waals surface area contributed by atoms with Gasteiger partial charge in [-0.25, -0.2) is 0 Å². The molecular formula is C24H24N2O2. The number of pyridine rings is 1. The van der Waals surface area contributed by atoms with Crippen molar-refractivity contribution in [3.8, 4) is 11.1 Å². The molecule has 0 fully saturated rings. The number of nitrogens with zero attached hydrogens (tertiary/aromatic N) is 1. The monoisotopic (exact) mass is 372 g/mol. The van der Waals surface area contributed by atoms with Gasteiger partial charge in [0.1, 0.15) is 6.10 Å². The topological polar surface area (TPSA) is 54.4 Å². The standard InChI is InChI=1S/C24H24N2O2/c1-28-13-5-12-25-20-10-8-18-9-11-23-22(24(27)21(18)15-20)14-19(16-26-23)17-6-3-2-4-7-17/h2-4,6-11,14-16,24-25,27H,5,12-13H2,1H3. The van der Waals surface area contributed by atoms with Crippen LogP contribution in [0.15, 0.2) is 60.8 Å². The van der Waals surface area contributed by atoms with E-state index < -0.39 is 6.10 Å². The summed E-state index contributed by atoms with van der Waals surface area (Å²) < 4.78 is 5.09. The summed E-state index contributed by atoms with van der Waals surface area (Å²) in [5.74, 6) is 0. The first kappa shape index (κ1) is 18.4. The van der Waals surface area contributed by atoms with E-state index in [4.69, 9.17) is 4.74 Å². The summed E-state index contributed by atoms with van der Waals surface area (Å²) in [6, 6.07) is 18.3. The highest BCUT2D eigenvalue weighted by Gasteiger charge is 2.21. The van der Waals surface area contributed by atoms with E-state index in [1.807, 2.05) is 60.8 Å². The van der Waals surface area contributed by atoms with Crippen LogP contribution in [-0.2, 0) is 4.74 Å². The Balaban J connectivity index is 1.66. The van der Waals surface area contributed by atoms with Crippen LogP contribution in [0, 0.1) is 0 Å². The number of hydrogen-bond donors (Lipinski definition) is 2. The predicted molar refractivity (Wildman–Crippen MR) is 114 cm³/mol. The Morgan fingerprint density at radius 1 is 1.00 bits per heavy atom. The molecule has 3 aromatic rings. The molecule has 0 aliphatic heterocycles. The number of methoxy groups -OCH3 is 1. The molecule has 1 atom stereocenters. The minimum Gasteiger partial charge on any atom is -0.385 e. The van der Waals surface area contributed by atoms with Crippen molar-refractivity contribution in [3.63, 3.8) is 0 Å². The van der Waals surface area contributed by atoms with E-state index in [1.165, 1.54) is 0 Å². The quantitative estimate of drug-likeness (QED) is 0.613. The lowest BCUT2D eigenvalue weighted by Crippen LogP contribution is -2.07. The van der Waals surface area contributed by atoms with Gasteiger partial charge in [-0.05, 0) is 47.4 Å². The van der Waals surface area contributed by atoms with E-state index in [0.29, 0.717) is 0 Å². The molecule has 4 heteroatoms. The van der Waals surface area contributed by atoms with E-state index in [1.54, 1.807) is 7.11 Å². The molecule has 142 valence electrons. The first-order valence-electron chi connectivity index (χ1n) is 9.54. The van der Waals surface area contributed by atoms with Gasteiger partial charge >= 0.3 is 0 Å². The molecule has 0 saturated heterocycles. The van der Waals surface area contributed by atoms with Gasteiger partial charge in [0, 0.05) is 43.3 Å². The number of hydrogen-bond acceptors (Lipinski definition) is 4. The minimum atomic E-state index is -0.725. The summed E-state index contributed by atoms with van der Waals surface area (Å²) in [6.07, 6.45) is 6.07. The number of rotatable bonds is 6. The molecule has 1 aliphatic carbocycles. The van der Waals surface area contributed by atoms with Gasteiger partial charge < -0.3 is 15.2 Å². The second-order valence-electron chi connectivity index (χ2n) is 6.92. The molecule has 1 unspecified atom stereocenters. The molecular weight excluding hydrogens is 348 g/mol. The number of aromatic nitrogens is 1. The van der Waals surface area contributed by atoms with Crippen LogP contribution in [0.5, 0.6) is 0 Å².